The van der Waals surface area contributed by atoms with E-state index in [0.717, 1.165) is 22.2 Å². The Kier molecular flexibility index (Phi) is 4.33. The van der Waals surface area contributed by atoms with Gasteiger partial charge in [-0.25, -0.2) is 4.39 Å². The number of fused-ring (bicyclic) bond motifs is 1. The van der Waals surface area contributed by atoms with Crippen LogP contribution in [-0.4, -0.2) is 5.91 Å². The lowest BCUT2D eigenvalue weighted by Crippen LogP contribution is -2.32. The molecule has 2 aromatic carbocycles. The molecule has 1 aromatic heterocycles. The molecule has 0 atom stereocenters. The number of nitrogens with one attached hydrogen (secondary N) is 2. The lowest BCUT2D eigenvalue weighted by molar-refractivity contribution is 0.0921. The fourth-order valence-electron chi connectivity index (χ4n) is 1.82. The first-order valence-electron chi connectivity index (χ1n) is 6.29. The van der Waals surface area contributed by atoms with Gasteiger partial charge in [-0.2, -0.15) is 4.83 Å². The van der Waals surface area contributed by atoms with Crippen LogP contribution in [0.3, 0.4) is 0 Å². The molecule has 112 valence electrons. The van der Waals surface area contributed by atoms with Gasteiger partial charge in [0.2, 0.25) is 0 Å². The van der Waals surface area contributed by atoms with Crippen molar-refractivity contribution < 1.29 is 13.6 Å². The summed E-state index contributed by atoms with van der Waals surface area (Å²) < 4.78 is 18.2. The van der Waals surface area contributed by atoms with Crippen LogP contribution < -0.4 is 10.3 Å². The van der Waals surface area contributed by atoms with Crippen LogP contribution in [0.1, 0.15) is 10.6 Å². The predicted molar refractivity (Wildman–Crippen MR) is 84.1 cm³/mol. The van der Waals surface area contributed by atoms with Crippen molar-refractivity contribution in [3.8, 4) is 0 Å². The zero-order chi connectivity index (χ0) is 15.5. The van der Waals surface area contributed by atoms with Crippen LogP contribution in [0.15, 0.2) is 57.8 Å². The van der Waals surface area contributed by atoms with E-state index in [1.54, 1.807) is 36.4 Å². The summed E-state index contributed by atoms with van der Waals surface area (Å²) in [5.74, 6) is -0.555. The predicted octanol–water partition coefficient (Wildman–Crippen LogP) is 4.17. The average molecular weight is 337 g/mol. The van der Waals surface area contributed by atoms with Crippen molar-refractivity contribution in [3.05, 3.63) is 65.1 Å². The van der Waals surface area contributed by atoms with E-state index in [9.17, 15) is 9.18 Å². The SMILES string of the molecule is O=C(NNSc1ccc(F)cc1)c1cc2cc(Cl)ccc2o1. The molecule has 22 heavy (non-hydrogen) atoms. The van der Waals surface area contributed by atoms with E-state index in [2.05, 4.69) is 10.3 Å². The number of carbonyl (C=O) groups is 1. The molecule has 0 aliphatic heterocycles. The van der Waals surface area contributed by atoms with Crippen LogP contribution >= 0.6 is 23.5 Å². The minimum absolute atomic E-state index is 0.171. The number of hydrogen-bond donors (Lipinski definition) is 2. The third-order valence-electron chi connectivity index (χ3n) is 2.85. The van der Waals surface area contributed by atoms with Gasteiger partial charge in [-0.1, -0.05) is 11.6 Å². The number of amides is 1. The molecule has 1 heterocycles. The fraction of sp³-hybridized carbons (Fsp3) is 0. The van der Waals surface area contributed by atoms with Crippen molar-refractivity contribution >= 4 is 40.4 Å². The first kappa shape index (κ1) is 14.9. The summed E-state index contributed by atoms with van der Waals surface area (Å²) in [6, 6.07) is 12.6. The molecule has 0 spiro atoms. The van der Waals surface area contributed by atoms with Crippen LogP contribution in [0.25, 0.3) is 11.0 Å². The quantitative estimate of drug-likeness (QED) is 0.554. The van der Waals surface area contributed by atoms with E-state index >= 15 is 0 Å². The van der Waals surface area contributed by atoms with Crippen molar-refractivity contribution in [1.82, 2.24) is 10.3 Å². The summed E-state index contributed by atoms with van der Waals surface area (Å²) >= 11 is 7.04. The van der Waals surface area contributed by atoms with E-state index in [4.69, 9.17) is 16.0 Å². The van der Waals surface area contributed by atoms with Gasteiger partial charge in [-0.3, -0.25) is 10.2 Å². The van der Waals surface area contributed by atoms with Gasteiger partial charge in [0.15, 0.2) is 5.76 Å². The second-order valence-electron chi connectivity index (χ2n) is 4.40. The standard InChI is InChI=1S/C15H10ClFN2O2S/c16-10-1-6-13-9(7-10)8-14(21-13)15(20)18-19-22-12-4-2-11(17)3-5-12/h1-8,19H,(H,18,20). The van der Waals surface area contributed by atoms with Crippen molar-refractivity contribution in [2.45, 2.75) is 4.90 Å². The van der Waals surface area contributed by atoms with Gasteiger partial charge in [0, 0.05) is 15.3 Å². The minimum Gasteiger partial charge on any atom is -0.451 e. The van der Waals surface area contributed by atoms with Crippen molar-refractivity contribution in [1.29, 1.82) is 0 Å². The molecular formula is C15H10ClFN2O2S. The molecule has 0 saturated carbocycles. The van der Waals surface area contributed by atoms with Gasteiger partial charge in [0.1, 0.15) is 11.4 Å². The van der Waals surface area contributed by atoms with Crippen LogP contribution in [-0.2, 0) is 0 Å². The highest BCUT2D eigenvalue weighted by Crippen LogP contribution is 2.23. The molecule has 2 N–H and O–H groups in total. The lowest BCUT2D eigenvalue weighted by Gasteiger charge is -2.04. The summed E-state index contributed by atoms with van der Waals surface area (Å²) in [5.41, 5.74) is 3.08. The topological polar surface area (TPSA) is 54.3 Å². The van der Waals surface area contributed by atoms with Gasteiger partial charge < -0.3 is 4.42 Å². The normalized spacial score (nSPS) is 10.8. The lowest BCUT2D eigenvalue weighted by atomic mass is 10.2. The van der Waals surface area contributed by atoms with Gasteiger partial charge in [-0.05, 0) is 60.5 Å². The van der Waals surface area contributed by atoms with Gasteiger partial charge in [0.25, 0.3) is 0 Å². The summed E-state index contributed by atoms with van der Waals surface area (Å²) in [7, 11) is 0. The zero-order valence-electron chi connectivity index (χ0n) is 11.1. The molecule has 3 aromatic rings. The number of halogens is 2. The summed E-state index contributed by atoms with van der Waals surface area (Å²) in [4.78, 5) is 15.4. The fourth-order valence-corrected chi connectivity index (χ4v) is 2.54. The maximum Gasteiger partial charge on any atom is 0.301 e. The Morgan fingerprint density at radius 3 is 2.68 bits per heavy atom. The van der Waals surface area contributed by atoms with Crippen LogP contribution in [0.5, 0.6) is 0 Å². The van der Waals surface area contributed by atoms with E-state index in [-0.39, 0.29) is 11.6 Å². The highest BCUT2D eigenvalue weighted by atomic mass is 35.5. The average Bonchev–Trinajstić information content (AvgIpc) is 2.92. The second-order valence-corrected chi connectivity index (χ2v) is 5.72. The Hall–Kier alpha value is -2.02. The Morgan fingerprint density at radius 1 is 1.14 bits per heavy atom. The Bertz CT molecular complexity index is 820. The van der Waals surface area contributed by atoms with Crippen LogP contribution in [0.2, 0.25) is 5.02 Å². The summed E-state index contributed by atoms with van der Waals surface area (Å²) in [5, 5.41) is 1.33. The molecule has 0 radical (unpaired) electrons. The van der Waals surface area contributed by atoms with Crippen LogP contribution in [0.4, 0.5) is 4.39 Å². The first-order chi connectivity index (χ1) is 10.6. The van der Waals surface area contributed by atoms with Crippen molar-refractivity contribution in [3.63, 3.8) is 0 Å². The van der Waals surface area contributed by atoms with E-state index in [1.807, 2.05) is 0 Å². The molecule has 0 fully saturated rings. The molecule has 0 saturated heterocycles. The number of hydrazine groups is 1. The molecular weight excluding hydrogens is 327 g/mol. The maximum atomic E-state index is 12.8. The third-order valence-corrected chi connectivity index (χ3v) is 3.80. The molecule has 0 unspecified atom stereocenters. The number of benzene rings is 2. The second kappa shape index (κ2) is 6.39. The highest BCUT2D eigenvalue weighted by Gasteiger charge is 2.12. The van der Waals surface area contributed by atoms with Crippen LogP contribution in [0, 0.1) is 5.82 Å². The number of hydrogen-bond acceptors (Lipinski definition) is 4. The Labute approximate surface area is 134 Å². The van der Waals surface area contributed by atoms with Gasteiger partial charge >= 0.3 is 5.91 Å². The van der Waals surface area contributed by atoms with Gasteiger partial charge in [-0.15, -0.1) is 0 Å². The van der Waals surface area contributed by atoms with Crippen molar-refractivity contribution in [2.24, 2.45) is 0 Å². The Morgan fingerprint density at radius 2 is 1.91 bits per heavy atom. The molecule has 4 nitrogen and oxygen atoms in total. The molecule has 0 aliphatic rings. The first-order valence-corrected chi connectivity index (χ1v) is 7.48. The number of carbonyl (C=O) groups excluding carboxylic acids is 1. The van der Waals surface area contributed by atoms with E-state index in [1.165, 1.54) is 12.1 Å². The molecule has 3 rings (SSSR count). The zero-order valence-corrected chi connectivity index (χ0v) is 12.7. The third kappa shape index (κ3) is 3.41. The maximum absolute atomic E-state index is 12.8. The molecule has 7 heteroatoms. The monoisotopic (exact) mass is 336 g/mol. The Balaban J connectivity index is 1.62. The molecule has 1 amide bonds. The summed E-state index contributed by atoms with van der Waals surface area (Å²) in [6.45, 7) is 0. The molecule has 0 bridgehead atoms. The van der Waals surface area contributed by atoms with Crippen molar-refractivity contribution in [2.75, 3.05) is 0 Å². The minimum atomic E-state index is -0.415. The smallest absolute Gasteiger partial charge is 0.301 e. The van der Waals surface area contributed by atoms with E-state index in [0.29, 0.717) is 10.6 Å². The summed E-state index contributed by atoms with van der Waals surface area (Å²) in [6.07, 6.45) is 0. The number of furan rings is 1. The van der Waals surface area contributed by atoms with Gasteiger partial charge in [0.05, 0.1) is 0 Å². The highest BCUT2D eigenvalue weighted by molar-refractivity contribution is 7.97. The molecule has 0 aliphatic carbocycles. The number of rotatable bonds is 4. The van der Waals surface area contributed by atoms with E-state index < -0.39 is 5.91 Å². The largest absolute Gasteiger partial charge is 0.451 e.